The van der Waals surface area contributed by atoms with Gasteiger partial charge in [0.05, 0.1) is 24.0 Å². The summed E-state index contributed by atoms with van der Waals surface area (Å²) in [5, 5.41) is 0. The van der Waals surface area contributed by atoms with Gasteiger partial charge >= 0.3 is 0 Å². The lowest BCUT2D eigenvalue weighted by Crippen LogP contribution is -2.47. The van der Waals surface area contributed by atoms with E-state index in [4.69, 9.17) is 10.6 Å². The first-order chi connectivity index (χ1) is 9.78. The molecule has 20 heavy (non-hydrogen) atoms. The van der Waals surface area contributed by atoms with Crippen LogP contribution in [-0.4, -0.2) is 41.1 Å². The van der Waals surface area contributed by atoms with Crippen LogP contribution in [0.2, 0.25) is 0 Å². The van der Waals surface area contributed by atoms with Gasteiger partial charge in [-0.3, -0.25) is 20.1 Å². The van der Waals surface area contributed by atoms with Crippen molar-refractivity contribution in [3.8, 4) is 0 Å². The summed E-state index contributed by atoms with van der Waals surface area (Å²) in [5.74, 6) is 4.79. The van der Waals surface area contributed by atoms with Crippen LogP contribution in [0.4, 0.5) is 0 Å². The minimum atomic E-state index is -0.314. The Hall–Kier alpha value is -1.50. The Balaban J connectivity index is 1.66. The van der Waals surface area contributed by atoms with Gasteiger partial charge in [0.15, 0.2) is 0 Å². The third kappa shape index (κ3) is 2.67. The van der Waals surface area contributed by atoms with Crippen molar-refractivity contribution in [1.82, 2.24) is 15.3 Å². The molecular weight excluding hydrogens is 256 g/mol. The van der Waals surface area contributed by atoms with E-state index in [-0.39, 0.29) is 5.91 Å². The Morgan fingerprint density at radius 3 is 3.15 bits per heavy atom. The fraction of sp³-hybridized carbons (Fsp3) is 0.571. The lowest BCUT2D eigenvalue weighted by Gasteiger charge is -2.37. The van der Waals surface area contributed by atoms with Gasteiger partial charge in [-0.05, 0) is 31.4 Å². The predicted molar refractivity (Wildman–Crippen MR) is 73.7 cm³/mol. The van der Waals surface area contributed by atoms with Crippen LogP contribution in [0.1, 0.15) is 35.3 Å². The summed E-state index contributed by atoms with van der Waals surface area (Å²) in [5.41, 5.74) is 3.57. The predicted octanol–water partition coefficient (Wildman–Crippen LogP) is 0.438. The molecule has 3 N–H and O–H groups in total. The second-order valence-electron chi connectivity index (χ2n) is 5.39. The number of hydrogen-bond acceptors (Lipinski definition) is 5. The van der Waals surface area contributed by atoms with E-state index in [9.17, 15) is 4.79 Å². The number of nitrogens with zero attached hydrogens (tertiary/aromatic N) is 2. The van der Waals surface area contributed by atoms with Gasteiger partial charge in [-0.1, -0.05) is 0 Å². The second kappa shape index (κ2) is 5.87. The number of rotatable bonds is 3. The first-order valence-corrected chi connectivity index (χ1v) is 7.09. The topological polar surface area (TPSA) is 80.5 Å². The number of hydrogen-bond donors (Lipinski definition) is 2. The second-order valence-corrected chi connectivity index (χ2v) is 5.39. The molecule has 2 aliphatic rings. The zero-order valence-corrected chi connectivity index (χ0v) is 11.4. The molecule has 1 aromatic rings. The van der Waals surface area contributed by atoms with E-state index in [0.717, 1.165) is 25.4 Å². The minimum Gasteiger partial charge on any atom is -0.375 e. The normalized spacial score (nSPS) is 26.2. The molecule has 1 aromatic heterocycles. The summed E-state index contributed by atoms with van der Waals surface area (Å²) in [6.07, 6.45) is 5.59. The highest BCUT2D eigenvalue weighted by atomic mass is 16.5. The van der Waals surface area contributed by atoms with Crippen molar-refractivity contribution in [1.29, 1.82) is 0 Å². The van der Waals surface area contributed by atoms with E-state index in [1.54, 1.807) is 12.3 Å². The smallest absolute Gasteiger partial charge is 0.266 e. The van der Waals surface area contributed by atoms with Crippen LogP contribution < -0.4 is 11.3 Å². The number of fused-ring (bicyclic) bond motifs is 1. The van der Waals surface area contributed by atoms with Crippen molar-refractivity contribution in [2.45, 2.75) is 38.0 Å². The van der Waals surface area contributed by atoms with Crippen molar-refractivity contribution in [2.75, 3.05) is 13.2 Å². The summed E-state index contributed by atoms with van der Waals surface area (Å²) < 4.78 is 5.81. The standard InChI is InChI=1S/C14H20N4O2/c15-17-14(19)10-4-5-11(16-8-10)9-18-6-7-20-13-3-1-2-12(13)18/h4-5,8,12-13H,1-3,6-7,9,15H2,(H,17,19). The van der Waals surface area contributed by atoms with Gasteiger partial charge in [0.25, 0.3) is 5.91 Å². The number of morpholine rings is 1. The molecule has 0 radical (unpaired) electrons. The van der Waals surface area contributed by atoms with E-state index in [0.29, 0.717) is 17.7 Å². The molecule has 6 nitrogen and oxygen atoms in total. The molecule has 1 saturated heterocycles. The van der Waals surface area contributed by atoms with Gasteiger partial charge in [0.1, 0.15) is 0 Å². The molecule has 2 atom stereocenters. The molecular formula is C14H20N4O2. The van der Waals surface area contributed by atoms with Crippen molar-refractivity contribution in [2.24, 2.45) is 5.84 Å². The maximum atomic E-state index is 11.4. The maximum Gasteiger partial charge on any atom is 0.266 e. The Bertz CT molecular complexity index is 477. The van der Waals surface area contributed by atoms with Gasteiger partial charge in [-0.25, -0.2) is 5.84 Å². The monoisotopic (exact) mass is 276 g/mol. The minimum absolute atomic E-state index is 0.314. The van der Waals surface area contributed by atoms with Gasteiger partial charge in [0.2, 0.25) is 0 Å². The molecule has 2 unspecified atom stereocenters. The zero-order valence-electron chi connectivity index (χ0n) is 11.4. The number of carbonyl (C=O) groups excluding carboxylic acids is 1. The number of amides is 1. The molecule has 0 bridgehead atoms. The van der Waals surface area contributed by atoms with E-state index in [1.165, 1.54) is 19.3 Å². The maximum absolute atomic E-state index is 11.4. The molecule has 1 saturated carbocycles. The highest BCUT2D eigenvalue weighted by molar-refractivity contribution is 5.93. The molecule has 2 fully saturated rings. The molecule has 2 heterocycles. The van der Waals surface area contributed by atoms with Crippen LogP contribution in [0, 0.1) is 0 Å². The summed E-state index contributed by atoms with van der Waals surface area (Å²) in [6.45, 7) is 2.57. The molecule has 1 aliphatic carbocycles. The highest BCUT2D eigenvalue weighted by Crippen LogP contribution is 2.30. The van der Waals surface area contributed by atoms with Gasteiger partial charge < -0.3 is 4.74 Å². The summed E-state index contributed by atoms with van der Waals surface area (Å²) in [4.78, 5) is 18.2. The fourth-order valence-corrected chi connectivity index (χ4v) is 3.15. The number of hydrazine groups is 1. The van der Waals surface area contributed by atoms with Crippen LogP contribution in [-0.2, 0) is 11.3 Å². The number of pyridine rings is 1. The van der Waals surface area contributed by atoms with Crippen molar-refractivity contribution < 1.29 is 9.53 Å². The third-order valence-electron chi connectivity index (χ3n) is 4.18. The summed E-state index contributed by atoms with van der Waals surface area (Å²) >= 11 is 0. The first kappa shape index (κ1) is 13.5. The third-order valence-corrected chi connectivity index (χ3v) is 4.18. The lowest BCUT2D eigenvalue weighted by atomic mass is 10.1. The van der Waals surface area contributed by atoms with Gasteiger partial charge in [-0.2, -0.15) is 0 Å². The Labute approximate surface area is 118 Å². The van der Waals surface area contributed by atoms with Crippen LogP contribution in [0.5, 0.6) is 0 Å². The lowest BCUT2D eigenvalue weighted by molar-refractivity contribution is -0.0592. The van der Waals surface area contributed by atoms with Crippen LogP contribution in [0.15, 0.2) is 18.3 Å². The molecule has 6 heteroatoms. The molecule has 1 aliphatic heterocycles. The number of aromatic nitrogens is 1. The molecule has 1 amide bonds. The van der Waals surface area contributed by atoms with E-state index in [1.807, 2.05) is 6.07 Å². The van der Waals surface area contributed by atoms with E-state index in [2.05, 4.69) is 15.3 Å². The Morgan fingerprint density at radius 1 is 1.50 bits per heavy atom. The van der Waals surface area contributed by atoms with Crippen molar-refractivity contribution in [3.63, 3.8) is 0 Å². The van der Waals surface area contributed by atoms with E-state index >= 15 is 0 Å². The Kier molecular flexibility index (Phi) is 3.95. The molecule has 0 spiro atoms. The average Bonchev–Trinajstić information content (AvgIpc) is 2.97. The van der Waals surface area contributed by atoms with Gasteiger partial charge in [-0.15, -0.1) is 0 Å². The number of nitrogens with one attached hydrogen (secondary N) is 1. The van der Waals surface area contributed by atoms with Crippen LogP contribution >= 0.6 is 0 Å². The van der Waals surface area contributed by atoms with Crippen molar-refractivity contribution in [3.05, 3.63) is 29.6 Å². The number of ether oxygens (including phenoxy) is 1. The molecule has 0 aromatic carbocycles. The number of carbonyl (C=O) groups is 1. The quantitative estimate of drug-likeness (QED) is 0.475. The van der Waals surface area contributed by atoms with Crippen LogP contribution in [0.25, 0.3) is 0 Å². The van der Waals surface area contributed by atoms with Crippen LogP contribution in [0.3, 0.4) is 0 Å². The molecule has 3 rings (SSSR count). The first-order valence-electron chi connectivity index (χ1n) is 7.09. The highest BCUT2D eigenvalue weighted by Gasteiger charge is 2.35. The van der Waals surface area contributed by atoms with E-state index < -0.39 is 0 Å². The van der Waals surface area contributed by atoms with Crippen molar-refractivity contribution >= 4 is 5.91 Å². The number of nitrogens with two attached hydrogens (primary N) is 1. The summed E-state index contributed by atoms with van der Waals surface area (Å²) in [6, 6.07) is 4.18. The largest absolute Gasteiger partial charge is 0.375 e. The SMILES string of the molecule is NNC(=O)c1ccc(CN2CCOC3CCCC32)nc1. The fourth-order valence-electron chi connectivity index (χ4n) is 3.15. The summed E-state index contributed by atoms with van der Waals surface area (Å²) in [7, 11) is 0. The zero-order chi connectivity index (χ0) is 13.9. The number of nitrogen functional groups attached to an aromatic ring is 1. The van der Waals surface area contributed by atoms with Gasteiger partial charge in [0, 0.05) is 25.3 Å². The Morgan fingerprint density at radius 2 is 2.40 bits per heavy atom. The average molecular weight is 276 g/mol. The molecule has 108 valence electrons.